The number of nitrogens with one attached hydrogen (secondary N) is 1. The third-order valence-electron chi connectivity index (χ3n) is 4.27. The van der Waals surface area contributed by atoms with E-state index in [0.29, 0.717) is 12.1 Å². The van der Waals surface area contributed by atoms with E-state index < -0.39 is 0 Å². The Morgan fingerprint density at radius 3 is 2.04 bits per heavy atom. The Hall–Kier alpha value is -3.47. The molecule has 0 saturated carbocycles. The fourth-order valence-electron chi connectivity index (χ4n) is 2.82. The van der Waals surface area contributed by atoms with E-state index in [0.717, 1.165) is 11.3 Å². The molecule has 4 nitrogen and oxygen atoms in total. The summed E-state index contributed by atoms with van der Waals surface area (Å²) >= 11 is 0. The highest BCUT2D eigenvalue weighted by Crippen LogP contribution is 2.17. The highest BCUT2D eigenvalue weighted by molar-refractivity contribution is 5.96. The topological polar surface area (TPSA) is 49.4 Å². The molecule has 0 radical (unpaired) electrons. The number of benzene rings is 3. The third kappa shape index (κ3) is 5.51. The Kier molecular flexibility index (Phi) is 6.52. The quantitative estimate of drug-likeness (QED) is 0.683. The highest BCUT2D eigenvalue weighted by atomic mass is 19.1. The molecule has 0 atom stereocenters. The van der Waals surface area contributed by atoms with Crippen molar-refractivity contribution in [3.63, 3.8) is 0 Å². The minimum Gasteiger partial charge on any atom is -0.347 e. The van der Waals surface area contributed by atoms with Gasteiger partial charge < -0.3 is 10.2 Å². The first-order chi connectivity index (χ1) is 13.6. The lowest BCUT2D eigenvalue weighted by atomic mass is 10.1. The summed E-state index contributed by atoms with van der Waals surface area (Å²) in [6, 6.07) is 24.8. The van der Waals surface area contributed by atoms with Crippen molar-refractivity contribution in [1.82, 2.24) is 5.32 Å². The fraction of sp³-hybridized carbons (Fsp3) is 0.130. The Balaban J connectivity index is 1.64. The fourth-order valence-corrected chi connectivity index (χ4v) is 2.82. The van der Waals surface area contributed by atoms with Crippen molar-refractivity contribution in [1.29, 1.82) is 0 Å². The molecular weight excluding hydrogens is 355 g/mol. The second-order valence-electron chi connectivity index (χ2n) is 6.38. The van der Waals surface area contributed by atoms with Gasteiger partial charge in [-0.05, 0) is 35.4 Å². The Morgan fingerprint density at radius 2 is 1.39 bits per heavy atom. The molecule has 142 valence electrons. The summed E-state index contributed by atoms with van der Waals surface area (Å²) in [4.78, 5) is 26.6. The molecule has 0 heterocycles. The van der Waals surface area contributed by atoms with Crippen LogP contribution in [0.15, 0.2) is 84.9 Å². The third-order valence-corrected chi connectivity index (χ3v) is 4.27. The Labute approximate surface area is 163 Å². The maximum atomic E-state index is 13.0. The number of rotatable bonds is 7. The van der Waals surface area contributed by atoms with Crippen LogP contribution in [0, 0.1) is 5.82 Å². The van der Waals surface area contributed by atoms with Crippen molar-refractivity contribution >= 4 is 17.5 Å². The average molecular weight is 376 g/mol. The van der Waals surface area contributed by atoms with Crippen LogP contribution < -0.4 is 10.2 Å². The molecule has 0 unspecified atom stereocenters. The summed E-state index contributed by atoms with van der Waals surface area (Å²) in [6.45, 7) is 0.305. The maximum absolute atomic E-state index is 13.0. The molecule has 0 aromatic heterocycles. The van der Waals surface area contributed by atoms with E-state index in [1.54, 1.807) is 17.0 Å². The number of amides is 2. The number of para-hydroxylation sites is 1. The van der Waals surface area contributed by atoms with Gasteiger partial charge in [-0.1, -0.05) is 60.7 Å². The molecule has 0 aliphatic carbocycles. The van der Waals surface area contributed by atoms with E-state index >= 15 is 0 Å². The molecule has 0 aliphatic rings. The molecule has 28 heavy (non-hydrogen) atoms. The Bertz CT molecular complexity index is 912. The van der Waals surface area contributed by atoms with Crippen LogP contribution >= 0.6 is 0 Å². The molecule has 1 N–H and O–H groups in total. The first kappa shape index (κ1) is 19.3. The summed E-state index contributed by atoms with van der Waals surface area (Å²) in [5.41, 5.74) is 2.46. The molecule has 0 aliphatic heterocycles. The van der Waals surface area contributed by atoms with Crippen LogP contribution in [-0.2, 0) is 22.6 Å². The van der Waals surface area contributed by atoms with Crippen molar-refractivity contribution in [2.75, 3.05) is 11.4 Å². The van der Waals surface area contributed by atoms with Crippen molar-refractivity contribution in [2.24, 2.45) is 0 Å². The van der Waals surface area contributed by atoms with Crippen LogP contribution in [-0.4, -0.2) is 18.4 Å². The number of hydrogen-bond donors (Lipinski definition) is 1. The van der Waals surface area contributed by atoms with Crippen LogP contribution in [0.4, 0.5) is 10.1 Å². The van der Waals surface area contributed by atoms with Gasteiger partial charge in [-0.25, -0.2) is 4.39 Å². The number of hydrogen-bond acceptors (Lipinski definition) is 2. The minimum atomic E-state index is -0.348. The van der Waals surface area contributed by atoms with Gasteiger partial charge in [-0.2, -0.15) is 0 Å². The molecule has 3 rings (SSSR count). The lowest BCUT2D eigenvalue weighted by molar-refractivity contribution is -0.124. The Morgan fingerprint density at radius 1 is 0.786 bits per heavy atom. The standard InChI is InChI=1S/C23H21FN2O2/c24-20-13-11-18(12-14-20)15-22(27)25-16-23(28)26(21-9-5-2-6-10-21)17-19-7-3-1-4-8-19/h1-14H,15-17H2,(H,25,27). The van der Waals surface area contributed by atoms with Crippen LogP contribution in [0.3, 0.4) is 0 Å². The van der Waals surface area contributed by atoms with Crippen molar-refractivity contribution in [3.8, 4) is 0 Å². The zero-order valence-corrected chi connectivity index (χ0v) is 15.3. The van der Waals surface area contributed by atoms with E-state index in [4.69, 9.17) is 0 Å². The van der Waals surface area contributed by atoms with Gasteiger partial charge in [0.2, 0.25) is 11.8 Å². The van der Waals surface area contributed by atoms with Gasteiger partial charge in [0, 0.05) is 5.69 Å². The van der Waals surface area contributed by atoms with Gasteiger partial charge in [-0.3, -0.25) is 9.59 Å². The van der Waals surface area contributed by atoms with Crippen LogP contribution in [0.2, 0.25) is 0 Å². The van der Waals surface area contributed by atoms with Gasteiger partial charge in [-0.15, -0.1) is 0 Å². The first-order valence-corrected chi connectivity index (χ1v) is 9.02. The van der Waals surface area contributed by atoms with E-state index in [1.165, 1.54) is 12.1 Å². The zero-order chi connectivity index (χ0) is 19.8. The molecule has 0 saturated heterocycles. The normalized spacial score (nSPS) is 10.3. The monoisotopic (exact) mass is 376 g/mol. The minimum absolute atomic E-state index is 0.0948. The summed E-state index contributed by atoms with van der Waals surface area (Å²) < 4.78 is 13.0. The molecule has 3 aromatic rings. The zero-order valence-electron chi connectivity index (χ0n) is 15.3. The molecule has 0 bridgehead atoms. The van der Waals surface area contributed by atoms with Gasteiger partial charge in [0.25, 0.3) is 0 Å². The van der Waals surface area contributed by atoms with Crippen molar-refractivity contribution < 1.29 is 14.0 Å². The molecule has 3 aromatic carbocycles. The SMILES string of the molecule is O=C(Cc1ccc(F)cc1)NCC(=O)N(Cc1ccccc1)c1ccccc1. The van der Waals surface area contributed by atoms with Crippen LogP contribution in [0.5, 0.6) is 0 Å². The lowest BCUT2D eigenvalue weighted by Crippen LogP contribution is -2.40. The predicted molar refractivity (Wildman–Crippen MR) is 107 cm³/mol. The van der Waals surface area contributed by atoms with Gasteiger partial charge in [0.1, 0.15) is 5.82 Å². The summed E-state index contributed by atoms with van der Waals surface area (Å²) in [7, 11) is 0. The summed E-state index contributed by atoms with van der Waals surface area (Å²) in [5, 5.41) is 2.66. The van der Waals surface area contributed by atoms with Gasteiger partial charge >= 0.3 is 0 Å². The highest BCUT2D eigenvalue weighted by Gasteiger charge is 2.17. The summed E-state index contributed by atoms with van der Waals surface area (Å²) in [5.74, 6) is -0.839. The maximum Gasteiger partial charge on any atom is 0.246 e. The number of carbonyl (C=O) groups excluding carboxylic acids is 2. The van der Waals surface area contributed by atoms with Crippen molar-refractivity contribution in [3.05, 3.63) is 102 Å². The van der Waals surface area contributed by atoms with E-state index in [2.05, 4.69) is 5.32 Å². The van der Waals surface area contributed by atoms with Gasteiger partial charge in [0.15, 0.2) is 0 Å². The molecule has 5 heteroatoms. The number of halogens is 1. The van der Waals surface area contributed by atoms with E-state index in [1.807, 2.05) is 60.7 Å². The first-order valence-electron chi connectivity index (χ1n) is 9.02. The second kappa shape index (κ2) is 9.46. The van der Waals surface area contributed by atoms with Crippen LogP contribution in [0.1, 0.15) is 11.1 Å². The number of carbonyl (C=O) groups is 2. The second-order valence-corrected chi connectivity index (χ2v) is 6.38. The number of anilines is 1. The average Bonchev–Trinajstić information content (AvgIpc) is 2.73. The molecule has 0 fully saturated rings. The molecule has 0 spiro atoms. The predicted octanol–water partition coefficient (Wildman–Crippen LogP) is 3.72. The lowest BCUT2D eigenvalue weighted by Gasteiger charge is -2.23. The van der Waals surface area contributed by atoms with Crippen molar-refractivity contribution in [2.45, 2.75) is 13.0 Å². The van der Waals surface area contributed by atoms with Gasteiger partial charge in [0.05, 0.1) is 19.5 Å². The largest absolute Gasteiger partial charge is 0.347 e. The smallest absolute Gasteiger partial charge is 0.246 e. The van der Waals surface area contributed by atoms with E-state index in [-0.39, 0.29) is 30.6 Å². The molecular formula is C23H21FN2O2. The van der Waals surface area contributed by atoms with E-state index in [9.17, 15) is 14.0 Å². The summed E-state index contributed by atoms with van der Waals surface area (Å²) in [6.07, 6.45) is 0.0948. The van der Waals surface area contributed by atoms with Crippen LogP contribution in [0.25, 0.3) is 0 Å². The molecule has 2 amide bonds. The number of nitrogens with zero attached hydrogens (tertiary/aromatic N) is 1.